The molecule has 0 fully saturated rings. The quantitative estimate of drug-likeness (QED) is 0.245. The molecule has 0 saturated carbocycles. The van der Waals surface area contributed by atoms with Gasteiger partial charge in [0.2, 0.25) is 5.91 Å². The number of fused-ring (bicyclic) bond motifs is 2. The summed E-state index contributed by atoms with van der Waals surface area (Å²) in [5.41, 5.74) is -1.90. The van der Waals surface area contributed by atoms with Gasteiger partial charge in [0, 0.05) is 6.20 Å². The summed E-state index contributed by atoms with van der Waals surface area (Å²) >= 11 is 0. The third-order valence-corrected chi connectivity index (χ3v) is 13.0. The molecule has 4 aromatic rings. The summed E-state index contributed by atoms with van der Waals surface area (Å²) in [4.78, 5) is 55.2. The number of nitrogens with zero attached hydrogens (tertiary/aromatic N) is 2. The fourth-order valence-corrected chi connectivity index (χ4v) is 6.24. The summed E-state index contributed by atoms with van der Waals surface area (Å²) in [6.07, 6.45) is -5.81. The van der Waals surface area contributed by atoms with Gasteiger partial charge in [-0.3, -0.25) is 19.0 Å². The molecule has 0 bridgehead atoms. The number of hydrogen-bond acceptors (Lipinski definition) is 5. The zero-order chi connectivity index (χ0) is 33.5. The number of rotatable bonds is 9. The predicted molar refractivity (Wildman–Crippen MR) is 171 cm³/mol. The van der Waals surface area contributed by atoms with Crippen LogP contribution in [-0.2, 0) is 22.3 Å². The fourth-order valence-electron chi connectivity index (χ4n) is 4.97. The van der Waals surface area contributed by atoms with Crippen molar-refractivity contribution in [1.82, 2.24) is 19.4 Å². The monoisotopic (exact) mass is 644 g/mol. The topological polar surface area (TPSA) is 115 Å². The smallest absolute Gasteiger partial charge is 0.404 e. The van der Waals surface area contributed by atoms with Crippen LogP contribution in [-0.4, -0.2) is 46.7 Å². The summed E-state index contributed by atoms with van der Waals surface area (Å²) in [6, 6.07) is 13.0. The molecule has 0 radical (unpaired) electrons. The third kappa shape index (κ3) is 7.14. The summed E-state index contributed by atoms with van der Waals surface area (Å²) in [5.74, 6) is -1.51. The maximum atomic E-state index is 14.3. The van der Waals surface area contributed by atoms with Gasteiger partial charge in [-0.1, -0.05) is 77.1 Å². The van der Waals surface area contributed by atoms with E-state index in [2.05, 4.69) is 10.3 Å². The number of aromatic nitrogens is 3. The van der Waals surface area contributed by atoms with Gasteiger partial charge in [-0.15, -0.1) is 0 Å². The van der Waals surface area contributed by atoms with E-state index in [-0.39, 0.29) is 17.4 Å². The van der Waals surface area contributed by atoms with Crippen LogP contribution in [0.25, 0.3) is 21.7 Å². The Balaban J connectivity index is 1.63. The fraction of sp³-hybridized carbons (Fsp3) is 0.438. The van der Waals surface area contributed by atoms with Gasteiger partial charge in [0.25, 0.3) is 11.1 Å². The highest BCUT2D eigenvalue weighted by molar-refractivity contribution is 6.74. The lowest BCUT2D eigenvalue weighted by Gasteiger charge is -2.42. The van der Waals surface area contributed by atoms with Gasteiger partial charge in [-0.2, -0.15) is 13.2 Å². The molecule has 242 valence electrons. The predicted octanol–water partition coefficient (Wildman–Crippen LogP) is 5.15. The summed E-state index contributed by atoms with van der Waals surface area (Å²) in [7, 11) is -2.90. The number of hydrogen-bond donors (Lipinski definition) is 2. The van der Waals surface area contributed by atoms with E-state index >= 15 is 0 Å². The first-order valence-electron chi connectivity index (χ1n) is 14.7. The maximum absolute atomic E-state index is 14.3. The Morgan fingerprint density at radius 2 is 1.60 bits per heavy atom. The number of alkyl halides is 3. The SMILES string of the molecule is CC(C)C(NC(=O)Cn1ccc2c(=O)n(Cc3cccc4ccccc34)c(=O)[nH]c2c1=O)C(O[Si](C)(C)C(C)(C)C)C(F)(F)F. The van der Waals surface area contributed by atoms with E-state index in [1.54, 1.807) is 33.0 Å². The van der Waals surface area contributed by atoms with Gasteiger partial charge in [-0.05, 0) is 46.5 Å². The first-order valence-corrected chi connectivity index (χ1v) is 17.6. The normalized spacial score (nSPS) is 14.2. The van der Waals surface area contributed by atoms with E-state index in [0.717, 1.165) is 25.5 Å². The molecule has 2 heterocycles. The number of carbonyl (C=O) groups excluding carboxylic acids is 1. The van der Waals surface area contributed by atoms with Crippen molar-refractivity contribution in [3.05, 3.63) is 91.5 Å². The number of pyridine rings is 1. The average Bonchev–Trinajstić information content (AvgIpc) is 2.93. The van der Waals surface area contributed by atoms with Crippen molar-refractivity contribution in [2.45, 2.75) is 84.2 Å². The molecule has 9 nitrogen and oxygen atoms in total. The van der Waals surface area contributed by atoms with Gasteiger partial charge >= 0.3 is 11.9 Å². The molecule has 2 atom stereocenters. The van der Waals surface area contributed by atoms with E-state index in [1.807, 2.05) is 57.2 Å². The molecular formula is C32H39F3N4O5Si. The number of amides is 1. The van der Waals surface area contributed by atoms with Gasteiger partial charge in [-0.25, -0.2) is 4.79 Å². The molecule has 1 amide bonds. The lowest BCUT2D eigenvalue weighted by molar-refractivity contribution is -0.210. The van der Waals surface area contributed by atoms with Crippen LogP contribution >= 0.6 is 0 Å². The Bertz CT molecular complexity index is 1900. The minimum atomic E-state index is -4.76. The van der Waals surface area contributed by atoms with Crippen LogP contribution in [0.4, 0.5) is 13.2 Å². The molecule has 13 heteroatoms. The molecule has 0 aliphatic carbocycles. The summed E-state index contributed by atoms with van der Waals surface area (Å²) in [6.45, 7) is 11.3. The van der Waals surface area contributed by atoms with E-state index in [4.69, 9.17) is 4.43 Å². The molecule has 0 aliphatic heterocycles. The molecular weight excluding hydrogens is 605 g/mol. The average molecular weight is 645 g/mol. The van der Waals surface area contributed by atoms with Gasteiger partial charge in [0.1, 0.15) is 12.1 Å². The Hall–Kier alpha value is -3.97. The minimum Gasteiger partial charge on any atom is -0.404 e. The van der Waals surface area contributed by atoms with Gasteiger partial charge in [0.15, 0.2) is 14.4 Å². The maximum Gasteiger partial charge on any atom is 0.415 e. The number of benzene rings is 2. The Kier molecular flexibility index (Phi) is 9.37. The molecule has 4 rings (SSSR count). The largest absolute Gasteiger partial charge is 0.415 e. The number of halogens is 3. The zero-order valence-corrected chi connectivity index (χ0v) is 27.4. The van der Waals surface area contributed by atoms with E-state index in [9.17, 15) is 32.3 Å². The Morgan fingerprint density at radius 3 is 2.22 bits per heavy atom. The second-order valence-corrected chi connectivity index (χ2v) is 17.9. The highest BCUT2D eigenvalue weighted by Gasteiger charge is 2.52. The summed E-state index contributed by atoms with van der Waals surface area (Å²) < 4.78 is 50.7. The molecule has 2 N–H and O–H groups in total. The Labute approximate surface area is 259 Å². The van der Waals surface area contributed by atoms with Crippen molar-refractivity contribution >= 4 is 35.9 Å². The van der Waals surface area contributed by atoms with Gasteiger partial charge < -0.3 is 19.3 Å². The zero-order valence-electron chi connectivity index (χ0n) is 26.4. The van der Waals surface area contributed by atoms with Crippen molar-refractivity contribution in [3.8, 4) is 0 Å². The number of carbonyl (C=O) groups is 1. The van der Waals surface area contributed by atoms with Crippen LogP contribution in [0, 0.1) is 5.92 Å². The first-order chi connectivity index (χ1) is 20.8. The van der Waals surface area contributed by atoms with Crippen LogP contribution in [0.5, 0.6) is 0 Å². The highest BCUT2D eigenvalue weighted by atomic mass is 28.4. The van der Waals surface area contributed by atoms with Crippen LogP contribution in [0.15, 0.2) is 69.1 Å². The lowest BCUT2D eigenvalue weighted by atomic mass is 9.98. The van der Waals surface area contributed by atoms with Crippen LogP contribution in [0.2, 0.25) is 18.1 Å². The van der Waals surface area contributed by atoms with E-state index in [1.165, 1.54) is 12.3 Å². The highest BCUT2D eigenvalue weighted by Crippen LogP contribution is 2.41. The second-order valence-electron chi connectivity index (χ2n) is 13.2. The second kappa shape index (κ2) is 12.4. The lowest BCUT2D eigenvalue weighted by Crippen LogP contribution is -2.59. The molecule has 2 unspecified atom stereocenters. The van der Waals surface area contributed by atoms with E-state index in [0.29, 0.717) is 0 Å². The summed E-state index contributed by atoms with van der Waals surface area (Å²) in [5, 5.41) is 3.68. The van der Waals surface area contributed by atoms with Gasteiger partial charge in [0.05, 0.1) is 18.0 Å². The molecule has 2 aromatic heterocycles. The molecule has 0 spiro atoms. The van der Waals surface area contributed by atoms with Crippen LogP contribution < -0.4 is 22.1 Å². The molecule has 2 aromatic carbocycles. The van der Waals surface area contributed by atoms with E-state index < -0.39 is 66.9 Å². The number of nitrogens with one attached hydrogen (secondary N) is 2. The van der Waals surface area contributed by atoms with Crippen molar-refractivity contribution < 1.29 is 22.4 Å². The third-order valence-electron chi connectivity index (χ3n) is 8.56. The standard InChI is InChI=1S/C32H39F3N4O5Si/c1-19(2)25(27(32(33,34)35)44-45(6,7)31(3,4)5)36-24(40)18-38-16-15-23-26(29(38)42)37-30(43)39(28(23)41)17-21-13-10-12-20-11-8-9-14-22(20)21/h8-16,19,25,27H,17-18H2,1-7H3,(H,36,40)(H,37,43). The van der Waals surface area contributed by atoms with Crippen LogP contribution in [0.1, 0.15) is 40.2 Å². The molecule has 0 saturated heterocycles. The number of aromatic amines is 1. The Morgan fingerprint density at radius 1 is 0.956 bits per heavy atom. The molecule has 0 aliphatic rings. The van der Waals surface area contributed by atoms with Crippen LogP contribution in [0.3, 0.4) is 0 Å². The minimum absolute atomic E-state index is 0.0368. The van der Waals surface area contributed by atoms with Crippen molar-refractivity contribution in [2.24, 2.45) is 5.92 Å². The number of H-pyrrole nitrogens is 1. The van der Waals surface area contributed by atoms with Crippen molar-refractivity contribution in [2.75, 3.05) is 0 Å². The van der Waals surface area contributed by atoms with Crippen molar-refractivity contribution in [3.63, 3.8) is 0 Å². The molecule has 45 heavy (non-hydrogen) atoms. The first kappa shape index (κ1) is 33.9. The van der Waals surface area contributed by atoms with Crippen molar-refractivity contribution in [1.29, 1.82) is 0 Å².